The van der Waals surface area contributed by atoms with Crippen molar-refractivity contribution in [3.05, 3.63) is 0 Å². The molecule has 1 fully saturated rings. The first-order chi connectivity index (χ1) is 7.09. The van der Waals surface area contributed by atoms with Crippen molar-refractivity contribution in [2.75, 3.05) is 39.8 Å². The Morgan fingerprint density at radius 3 is 2.87 bits per heavy atom. The second-order valence-corrected chi connectivity index (χ2v) is 5.23. The van der Waals surface area contributed by atoms with Crippen molar-refractivity contribution in [2.45, 2.75) is 25.3 Å². The number of halogens is 1. The van der Waals surface area contributed by atoms with Crippen molar-refractivity contribution in [2.24, 2.45) is 5.92 Å². The molecule has 0 bridgehead atoms. The van der Waals surface area contributed by atoms with Crippen molar-refractivity contribution >= 4 is 11.6 Å². The van der Waals surface area contributed by atoms with Gasteiger partial charge >= 0.3 is 0 Å². The van der Waals surface area contributed by atoms with Crippen LogP contribution in [0.15, 0.2) is 0 Å². The lowest BCUT2D eigenvalue weighted by molar-refractivity contribution is -0.0180. The average Bonchev–Trinajstić information content (AvgIpc) is 2.17. The van der Waals surface area contributed by atoms with Crippen molar-refractivity contribution in [1.29, 1.82) is 0 Å². The van der Waals surface area contributed by atoms with Gasteiger partial charge in [-0.2, -0.15) is 0 Å². The molecule has 0 aromatic carbocycles. The molecule has 1 heterocycles. The lowest BCUT2D eigenvalue weighted by Gasteiger charge is -2.30. The number of alkyl halides is 1. The third-order valence-corrected chi connectivity index (χ3v) is 3.43. The van der Waals surface area contributed by atoms with E-state index in [9.17, 15) is 0 Å². The molecule has 1 aliphatic heterocycles. The molecule has 15 heavy (non-hydrogen) atoms. The lowest BCUT2D eigenvalue weighted by atomic mass is 10.1. The lowest BCUT2D eigenvalue weighted by Crippen LogP contribution is -2.45. The van der Waals surface area contributed by atoms with E-state index in [-0.39, 0.29) is 5.38 Å². The molecule has 3 nitrogen and oxygen atoms in total. The summed E-state index contributed by atoms with van der Waals surface area (Å²) in [6.45, 7) is 8.96. The molecule has 0 aliphatic carbocycles. The molecule has 0 aromatic heterocycles. The third-order valence-electron chi connectivity index (χ3n) is 2.78. The van der Waals surface area contributed by atoms with Gasteiger partial charge in [0, 0.05) is 31.6 Å². The molecule has 2 atom stereocenters. The van der Waals surface area contributed by atoms with Gasteiger partial charge in [-0.1, -0.05) is 13.8 Å². The Balaban J connectivity index is 2.09. The molecule has 2 unspecified atom stereocenters. The summed E-state index contributed by atoms with van der Waals surface area (Å²) < 4.78 is 5.64. The average molecular weight is 235 g/mol. The van der Waals surface area contributed by atoms with E-state index in [2.05, 4.69) is 31.1 Å². The zero-order valence-corrected chi connectivity index (χ0v) is 10.8. The van der Waals surface area contributed by atoms with E-state index in [4.69, 9.17) is 16.3 Å². The van der Waals surface area contributed by atoms with E-state index in [0.717, 1.165) is 32.8 Å². The zero-order chi connectivity index (χ0) is 11.3. The highest BCUT2D eigenvalue weighted by Gasteiger charge is 2.17. The standard InChI is InChI=1S/C11H23ClN2O/c1-9(2)11(12)7-13-6-10-8-14(3)4-5-15-10/h9-11,13H,4-8H2,1-3H3. The van der Waals surface area contributed by atoms with Crippen LogP contribution in [0.25, 0.3) is 0 Å². The Kier molecular flexibility index (Phi) is 5.90. The van der Waals surface area contributed by atoms with Crippen molar-refractivity contribution in [1.82, 2.24) is 10.2 Å². The predicted octanol–water partition coefficient (Wildman–Crippen LogP) is 1.17. The first kappa shape index (κ1) is 13.2. The number of rotatable bonds is 5. The van der Waals surface area contributed by atoms with E-state index in [0.29, 0.717) is 12.0 Å². The maximum Gasteiger partial charge on any atom is 0.0826 e. The van der Waals surface area contributed by atoms with Gasteiger partial charge in [-0.15, -0.1) is 11.6 Å². The Labute approximate surface area is 98.1 Å². The van der Waals surface area contributed by atoms with Gasteiger partial charge in [0.25, 0.3) is 0 Å². The van der Waals surface area contributed by atoms with Crippen LogP contribution in [0.3, 0.4) is 0 Å². The molecule has 1 rings (SSSR count). The molecule has 90 valence electrons. The molecular weight excluding hydrogens is 212 g/mol. The summed E-state index contributed by atoms with van der Waals surface area (Å²) in [5, 5.41) is 3.59. The monoisotopic (exact) mass is 234 g/mol. The van der Waals surface area contributed by atoms with Gasteiger partial charge in [-0.25, -0.2) is 0 Å². The van der Waals surface area contributed by atoms with Crippen LogP contribution in [0.2, 0.25) is 0 Å². The number of likely N-dealkylation sites (N-methyl/N-ethyl adjacent to an activating group) is 1. The minimum Gasteiger partial charge on any atom is -0.374 e. The van der Waals surface area contributed by atoms with Crippen molar-refractivity contribution < 1.29 is 4.74 Å². The number of nitrogens with zero attached hydrogens (tertiary/aromatic N) is 1. The van der Waals surface area contributed by atoms with Crippen LogP contribution in [0.5, 0.6) is 0 Å². The fraction of sp³-hybridized carbons (Fsp3) is 1.00. The maximum absolute atomic E-state index is 6.15. The van der Waals surface area contributed by atoms with E-state index >= 15 is 0 Å². The molecule has 1 aliphatic rings. The zero-order valence-electron chi connectivity index (χ0n) is 10.0. The molecule has 0 aromatic rings. The van der Waals surface area contributed by atoms with Gasteiger partial charge in [-0.3, -0.25) is 0 Å². The highest BCUT2D eigenvalue weighted by Crippen LogP contribution is 2.08. The molecule has 1 saturated heterocycles. The molecule has 0 saturated carbocycles. The summed E-state index contributed by atoms with van der Waals surface area (Å²) in [4.78, 5) is 2.30. The fourth-order valence-corrected chi connectivity index (χ4v) is 1.72. The maximum atomic E-state index is 6.15. The Morgan fingerprint density at radius 2 is 2.27 bits per heavy atom. The second kappa shape index (κ2) is 6.69. The van der Waals surface area contributed by atoms with Gasteiger partial charge in [0.15, 0.2) is 0 Å². The van der Waals surface area contributed by atoms with Crippen LogP contribution < -0.4 is 5.32 Å². The van der Waals surface area contributed by atoms with Gasteiger partial charge in [0.2, 0.25) is 0 Å². The smallest absolute Gasteiger partial charge is 0.0826 e. The van der Waals surface area contributed by atoms with Gasteiger partial charge in [0.05, 0.1) is 12.7 Å². The van der Waals surface area contributed by atoms with Gasteiger partial charge in [0.1, 0.15) is 0 Å². The summed E-state index contributed by atoms with van der Waals surface area (Å²) in [7, 11) is 2.13. The Morgan fingerprint density at radius 1 is 1.53 bits per heavy atom. The second-order valence-electron chi connectivity index (χ2n) is 4.67. The van der Waals surface area contributed by atoms with E-state index < -0.39 is 0 Å². The van der Waals surface area contributed by atoms with Crippen LogP contribution in [0, 0.1) is 5.92 Å². The summed E-state index contributed by atoms with van der Waals surface area (Å²) in [5.74, 6) is 0.522. The molecule has 0 radical (unpaired) electrons. The predicted molar refractivity (Wildman–Crippen MR) is 64.6 cm³/mol. The summed E-state index contributed by atoms with van der Waals surface area (Å²) >= 11 is 6.15. The number of hydrogen-bond donors (Lipinski definition) is 1. The van der Waals surface area contributed by atoms with Crippen LogP contribution in [-0.2, 0) is 4.74 Å². The first-order valence-electron chi connectivity index (χ1n) is 5.74. The number of hydrogen-bond acceptors (Lipinski definition) is 3. The molecular formula is C11H23ClN2O. The summed E-state index contributed by atoms with van der Waals surface area (Å²) in [5.41, 5.74) is 0. The summed E-state index contributed by atoms with van der Waals surface area (Å²) in [6, 6.07) is 0. The van der Waals surface area contributed by atoms with E-state index in [1.807, 2.05) is 0 Å². The highest BCUT2D eigenvalue weighted by atomic mass is 35.5. The number of ether oxygens (including phenoxy) is 1. The first-order valence-corrected chi connectivity index (χ1v) is 6.18. The van der Waals surface area contributed by atoms with Crippen LogP contribution in [-0.4, -0.2) is 56.2 Å². The number of morpholine rings is 1. The number of nitrogens with one attached hydrogen (secondary N) is 1. The minimum absolute atomic E-state index is 0.214. The minimum atomic E-state index is 0.214. The van der Waals surface area contributed by atoms with Crippen LogP contribution in [0.1, 0.15) is 13.8 Å². The van der Waals surface area contributed by atoms with Crippen LogP contribution in [0.4, 0.5) is 0 Å². The van der Waals surface area contributed by atoms with Gasteiger partial charge in [-0.05, 0) is 13.0 Å². The van der Waals surface area contributed by atoms with E-state index in [1.165, 1.54) is 0 Å². The largest absolute Gasteiger partial charge is 0.374 e. The van der Waals surface area contributed by atoms with Crippen LogP contribution >= 0.6 is 11.6 Å². The van der Waals surface area contributed by atoms with Gasteiger partial charge < -0.3 is 15.0 Å². The fourth-order valence-electron chi connectivity index (χ4n) is 1.61. The summed E-state index contributed by atoms with van der Waals surface area (Å²) in [6.07, 6.45) is 0.319. The molecule has 1 N–H and O–H groups in total. The van der Waals surface area contributed by atoms with Crippen molar-refractivity contribution in [3.63, 3.8) is 0 Å². The highest BCUT2D eigenvalue weighted by molar-refractivity contribution is 6.20. The normalized spacial score (nSPS) is 25.8. The van der Waals surface area contributed by atoms with Crippen molar-refractivity contribution in [3.8, 4) is 0 Å². The molecule has 4 heteroatoms. The Hall–Kier alpha value is 0.170. The molecule has 0 spiro atoms. The molecule has 0 amide bonds. The third kappa shape index (κ3) is 5.16. The van der Waals surface area contributed by atoms with E-state index in [1.54, 1.807) is 0 Å². The topological polar surface area (TPSA) is 24.5 Å². The quantitative estimate of drug-likeness (QED) is 0.723. The SMILES string of the molecule is CC(C)C(Cl)CNCC1CN(C)CCO1. The Bertz CT molecular complexity index is 178.